The second kappa shape index (κ2) is 5.22. The third-order valence-corrected chi connectivity index (χ3v) is 5.98. The Hall–Kier alpha value is -0.920. The number of aryl methyl sites for hydroxylation is 2. The van der Waals surface area contributed by atoms with Gasteiger partial charge in [-0.1, -0.05) is 0 Å². The van der Waals surface area contributed by atoms with Gasteiger partial charge in [-0.2, -0.15) is 9.40 Å². The Morgan fingerprint density at radius 2 is 2.11 bits per heavy atom. The van der Waals surface area contributed by atoms with Crippen LogP contribution in [0.1, 0.15) is 24.2 Å². The first-order valence-corrected chi connectivity index (χ1v) is 8.02. The molecule has 2 rings (SSSR count). The van der Waals surface area contributed by atoms with Crippen LogP contribution in [0.2, 0.25) is 0 Å². The highest BCUT2D eigenvalue weighted by atomic mass is 32.2. The number of sulfonamides is 1. The summed E-state index contributed by atoms with van der Waals surface area (Å²) >= 11 is 0. The molecule has 1 aliphatic heterocycles. The molecule has 1 aliphatic rings. The highest BCUT2D eigenvalue weighted by Gasteiger charge is 2.35. The van der Waals surface area contributed by atoms with Crippen LogP contribution in [-0.4, -0.2) is 42.1 Å². The van der Waals surface area contributed by atoms with Crippen LogP contribution in [0.3, 0.4) is 0 Å². The highest BCUT2D eigenvalue weighted by Crippen LogP contribution is 2.28. The quantitative estimate of drug-likeness (QED) is 0.868. The molecule has 0 radical (unpaired) electrons. The smallest absolute Gasteiger partial charge is 0.246 e. The lowest BCUT2D eigenvalue weighted by atomic mass is 10.1. The second-order valence-electron chi connectivity index (χ2n) is 5.22. The standard InChI is InChI=1S/C12H22N4O2S/c1-9-12(10(2)15(3)14-9)19(17,18)16-7-5-11(8-16)4-6-13/h11H,4-8,13H2,1-3H3. The average Bonchev–Trinajstić information content (AvgIpc) is 2.87. The number of rotatable bonds is 4. The van der Waals surface area contributed by atoms with Gasteiger partial charge in [0.05, 0.1) is 11.4 Å². The van der Waals surface area contributed by atoms with E-state index in [1.165, 1.54) is 0 Å². The molecule has 1 atom stereocenters. The van der Waals surface area contributed by atoms with Crippen LogP contribution in [0.15, 0.2) is 4.90 Å². The predicted molar refractivity (Wildman–Crippen MR) is 73.2 cm³/mol. The summed E-state index contributed by atoms with van der Waals surface area (Å²) < 4.78 is 28.6. The lowest BCUT2D eigenvalue weighted by molar-refractivity contribution is 0.448. The van der Waals surface area contributed by atoms with Gasteiger partial charge in [0.15, 0.2) is 0 Å². The summed E-state index contributed by atoms with van der Waals surface area (Å²) in [5, 5.41) is 4.19. The predicted octanol–water partition coefficient (Wildman–Crippen LogP) is 0.396. The van der Waals surface area contributed by atoms with E-state index in [-0.39, 0.29) is 0 Å². The van der Waals surface area contributed by atoms with Crippen molar-refractivity contribution in [2.24, 2.45) is 18.7 Å². The number of nitrogens with zero attached hydrogens (tertiary/aromatic N) is 3. The molecule has 1 aromatic rings. The first-order valence-electron chi connectivity index (χ1n) is 6.58. The van der Waals surface area contributed by atoms with Gasteiger partial charge in [-0.25, -0.2) is 8.42 Å². The Morgan fingerprint density at radius 3 is 2.63 bits per heavy atom. The summed E-state index contributed by atoms with van der Waals surface area (Å²) in [4.78, 5) is 0.364. The lowest BCUT2D eigenvalue weighted by Gasteiger charge is -2.16. The monoisotopic (exact) mass is 286 g/mol. The van der Waals surface area contributed by atoms with Gasteiger partial charge in [0.2, 0.25) is 10.0 Å². The molecular weight excluding hydrogens is 264 g/mol. The maximum Gasteiger partial charge on any atom is 0.246 e. The van der Waals surface area contributed by atoms with Gasteiger partial charge in [-0.15, -0.1) is 0 Å². The molecule has 108 valence electrons. The zero-order valence-corrected chi connectivity index (χ0v) is 12.6. The van der Waals surface area contributed by atoms with E-state index in [1.54, 1.807) is 29.9 Å². The van der Waals surface area contributed by atoms with E-state index in [9.17, 15) is 8.42 Å². The molecule has 1 saturated heterocycles. The molecule has 0 amide bonds. The Morgan fingerprint density at radius 1 is 1.42 bits per heavy atom. The van der Waals surface area contributed by atoms with E-state index in [4.69, 9.17) is 5.73 Å². The summed E-state index contributed by atoms with van der Waals surface area (Å²) in [6, 6.07) is 0. The molecule has 2 heterocycles. The van der Waals surface area contributed by atoms with Gasteiger partial charge >= 0.3 is 0 Å². The van der Waals surface area contributed by atoms with E-state index in [2.05, 4.69) is 5.10 Å². The second-order valence-corrected chi connectivity index (χ2v) is 7.09. The maximum atomic E-state index is 12.7. The fourth-order valence-corrected chi connectivity index (χ4v) is 4.67. The fraction of sp³-hybridized carbons (Fsp3) is 0.750. The van der Waals surface area contributed by atoms with Crippen LogP contribution in [0.5, 0.6) is 0 Å². The van der Waals surface area contributed by atoms with Crippen molar-refractivity contribution >= 4 is 10.0 Å². The number of hydrogen-bond donors (Lipinski definition) is 1. The van der Waals surface area contributed by atoms with Crippen molar-refractivity contribution in [3.05, 3.63) is 11.4 Å². The summed E-state index contributed by atoms with van der Waals surface area (Å²) in [6.45, 7) is 5.31. The van der Waals surface area contributed by atoms with Crippen LogP contribution in [0, 0.1) is 19.8 Å². The highest BCUT2D eigenvalue weighted by molar-refractivity contribution is 7.89. The summed E-state index contributed by atoms with van der Waals surface area (Å²) in [6.07, 6.45) is 1.78. The Labute approximate surface area is 114 Å². The Balaban J connectivity index is 2.29. The molecule has 0 bridgehead atoms. The van der Waals surface area contributed by atoms with Gasteiger partial charge in [-0.05, 0) is 39.2 Å². The molecule has 2 N–H and O–H groups in total. The molecule has 1 aromatic heterocycles. The first-order chi connectivity index (χ1) is 8.87. The molecule has 0 aliphatic carbocycles. The third-order valence-electron chi connectivity index (χ3n) is 3.86. The van der Waals surface area contributed by atoms with Gasteiger partial charge in [0.1, 0.15) is 4.90 Å². The minimum Gasteiger partial charge on any atom is -0.330 e. The Bertz CT molecular complexity index is 565. The summed E-state index contributed by atoms with van der Waals surface area (Å²) in [5.41, 5.74) is 6.81. The van der Waals surface area contributed by atoms with E-state index < -0.39 is 10.0 Å². The molecule has 7 heteroatoms. The van der Waals surface area contributed by atoms with Crippen molar-refractivity contribution in [1.82, 2.24) is 14.1 Å². The average molecular weight is 286 g/mol. The zero-order valence-electron chi connectivity index (χ0n) is 11.8. The lowest BCUT2D eigenvalue weighted by Crippen LogP contribution is -2.30. The van der Waals surface area contributed by atoms with Crippen LogP contribution in [0.4, 0.5) is 0 Å². The van der Waals surface area contributed by atoms with Crippen LogP contribution < -0.4 is 5.73 Å². The van der Waals surface area contributed by atoms with Crippen molar-refractivity contribution in [2.75, 3.05) is 19.6 Å². The van der Waals surface area contributed by atoms with Gasteiger partial charge < -0.3 is 5.73 Å². The number of nitrogens with two attached hydrogens (primary N) is 1. The molecule has 0 saturated carbocycles. The van der Waals surface area contributed by atoms with E-state index in [0.717, 1.165) is 12.8 Å². The zero-order chi connectivity index (χ0) is 14.2. The minimum absolute atomic E-state index is 0.364. The normalized spacial score (nSPS) is 21.2. The van der Waals surface area contributed by atoms with Crippen molar-refractivity contribution in [2.45, 2.75) is 31.6 Å². The van der Waals surface area contributed by atoms with E-state index in [1.807, 2.05) is 0 Å². The fourth-order valence-electron chi connectivity index (χ4n) is 2.74. The first kappa shape index (κ1) is 14.5. The van der Waals surface area contributed by atoms with Crippen molar-refractivity contribution in [1.29, 1.82) is 0 Å². The topological polar surface area (TPSA) is 81.2 Å². The maximum absolute atomic E-state index is 12.7. The van der Waals surface area contributed by atoms with E-state index in [0.29, 0.717) is 41.8 Å². The van der Waals surface area contributed by atoms with Crippen LogP contribution >= 0.6 is 0 Å². The minimum atomic E-state index is -3.42. The molecule has 0 aromatic carbocycles. The summed E-state index contributed by atoms with van der Waals surface area (Å²) in [7, 11) is -1.65. The SMILES string of the molecule is Cc1nn(C)c(C)c1S(=O)(=O)N1CCC(CCN)C1. The summed E-state index contributed by atoms with van der Waals surface area (Å²) in [5.74, 6) is 0.386. The van der Waals surface area contributed by atoms with Gasteiger partial charge in [0.25, 0.3) is 0 Å². The number of aromatic nitrogens is 2. The molecule has 6 nitrogen and oxygen atoms in total. The molecular formula is C12H22N4O2S. The molecule has 0 spiro atoms. The number of hydrogen-bond acceptors (Lipinski definition) is 4. The van der Waals surface area contributed by atoms with Gasteiger partial charge in [0, 0.05) is 20.1 Å². The molecule has 1 unspecified atom stereocenters. The largest absolute Gasteiger partial charge is 0.330 e. The Kier molecular flexibility index (Phi) is 3.98. The molecule has 1 fully saturated rings. The molecule has 19 heavy (non-hydrogen) atoms. The van der Waals surface area contributed by atoms with Crippen molar-refractivity contribution < 1.29 is 8.42 Å². The third kappa shape index (κ3) is 2.54. The van der Waals surface area contributed by atoms with Crippen molar-refractivity contribution in [3.8, 4) is 0 Å². The van der Waals surface area contributed by atoms with Crippen LogP contribution in [0.25, 0.3) is 0 Å². The van der Waals surface area contributed by atoms with E-state index >= 15 is 0 Å². The van der Waals surface area contributed by atoms with Crippen LogP contribution in [-0.2, 0) is 17.1 Å². The van der Waals surface area contributed by atoms with Gasteiger partial charge in [-0.3, -0.25) is 4.68 Å². The van der Waals surface area contributed by atoms with Crippen molar-refractivity contribution in [3.63, 3.8) is 0 Å².